The van der Waals surface area contributed by atoms with Gasteiger partial charge in [-0.1, -0.05) is 18.9 Å². The van der Waals surface area contributed by atoms with E-state index in [1.54, 1.807) is 0 Å². The molecule has 27 heavy (non-hydrogen) atoms. The average molecular weight is 370 g/mol. The average Bonchev–Trinajstić information content (AvgIpc) is 3.24. The summed E-state index contributed by atoms with van der Waals surface area (Å²) in [6.07, 6.45) is 6.94. The van der Waals surface area contributed by atoms with Crippen LogP contribution in [0.15, 0.2) is 18.2 Å². The lowest BCUT2D eigenvalue weighted by atomic mass is 9.81. The normalized spacial score (nSPS) is 23.9. The number of nitrogens with zero attached hydrogens (tertiary/aromatic N) is 1. The third-order valence-corrected chi connectivity index (χ3v) is 6.00. The number of benzene rings is 1. The standard InChI is InChI=1S/C21H26N2O4/c24-19(13-23-20(25)17-6-1-2-7-18(17)21(23)26)22-10-11-27-16-9-8-14-4-3-5-15(14)12-16/h8-9,12,17-18H,1-7,10-11,13H2,(H,22,24)/t17-,18-/m0/s1. The fraction of sp³-hybridized carbons (Fsp3) is 0.571. The number of likely N-dealkylation sites (tertiary alicyclic amines) is 1. The number of rotatable bonds is 6. The Labute approximate surface area is 159 Å². The van der Waals surface area contributed by atoms with Gasteiger partial charge in [0, 0.05) is 0 Å². The van der Waals surface area contributed by atoms with Crippen molar-refractivity contribution in [3.05, 3.63) is 29.3 Å². The Morgan fingerprint density at radius 3 is 2.48 bits per heavy atom. The number of ether oxygens (including phenoxy) is 1. The Balaban J connectivity index is 1.22. The molecule has 1 heterocycles. The first-order valence-electron chi connectivity index (χ1n) is 10.00. The molecule has 2 aliphatic carbocycles. The molecule has 0 radical (unpaired) electrons. The van der Waals surface area contributed by atoms with E-state index in [0.717, 1.165) is 49.2 Å². The highest BCUT2D eigenvalue weighted by molar-refractivity contribution is 6.07. The Hall–Kier alpha value is -2.37. The van der Waals surface area contributed by atoms with Gasteiger partial charge in [0.05, 0.1) is 18.4 Å². The van der Waals surface area contributed by atoms with E-state index in [-0.39, 0.29) is 36.1 Å². The molecule has 1 aromatic rings. The summed E-state index contributed by atoms with van der Waals surface area (Å²) in [5.74, 6) is -0.250. The van der Waals surface area contributed by atoms with Gasteiger partial charge in [-0.15, -0.1) is 0 Å². The largest absolute Gasteiger partial charge is 0.492 e. The first-order chi connectivity index (χ1) is 13.1. The smallest absolute Gasteiger partial charge is 0.240 e. The summed E-state index contributed by atoms with van der Waals surface area (Å²) in [5, 5.41) is 2.74. The molecule has 0 unspecified atom stereocenters. The molecule has 6 nitrogen and oxygen atoms in total. The lowest BCUT2D eigenvalue weighted by molar-refractivity contribution is -0.143. The molecule has 0 bridgehead atoms. The molecule has 1 saturated heterocycles. The van der Waals surface area contributed by atoms with Crippen molar-refractivity contribution >= 4 is 17.7 Å². The highest BCUT2D eigenvalue weighted by Crippen LogP contribution is 2.37. The zero-order valence-electron chi connectivity index (χ0n) is 15.5. The summed E-state index contributed by atoms with van der Waals surface area (Å²) >= 11 is 0. The molecule has 1 aromatic carbocycles. The van der Waals surface area contributed by atoms with Crippen molar-refractivity contribution in [1.82, 2.24) is 10.2 Å². The van der Waals surface area contributed by atoms with E-state index in [0.29, 0.717) is 13.2 Å². The predicted octanol–water partition coefficient (Wildman–Crippen LogP) is 1.85. The van der Waals surface area contributed by atoms with Crippen LogP contribution in [0.5, 0.6) is 5.75 Å². The van der Waals surface area contributed by atoms with E-state index < -0.39 is 0 Å². The predicted molar refractivity (Wildman–Crippen MR) is 99.1 cm³/mol. The van der Waals surface area contributed by atoms with Crippen molar-refractivity contribution in [3.63, 3.8) is 0 Å². The van der Waals surface area contributed by atoms with Gasteiger partial charge in [-0.3, -0.25) is 19.3 Å². The van der Waals surface area contributed by atoms with Crippen LogP contribution in [0, 0.1) is 11.8 Å². The number of nitrogens with one attached hydrogen (secondary N) is 1. The van der Waals surface area contributed by atoms with Crippen molar-refractivity contribution in [1.29, 1.82) is 0 Å². The zero-order chi connectivity index (χ0) is 18.8. The lowest BCUT2D eigenvalue weighted by Crippen LogP contribution is -2.42. The van der Waals surface area contributed by atoms with Gasteiger partial charge < -0.3 is 10.1 Å². The zero-order valence-corrected chi connectivity index (χ0v) is 15.5. The monoisotopic (exact) mass is 370 g/mol. The molecule has 2 fully saturated rings. The number of amides is 3. The van der Waals surface area contributed by atoms with Crippen LogP contribution in [0.2, 0.25) is 0 Å². The molecule has 1 aliphatic heterocycles. The highest BCUT2D eigenvalue weighted by Gasteiger charge is 2.48. The van der Waals surface area contributed by atoms with E-state index in [9.17, 15) is 14.4 Å². The first kappa shape index (κ1) is 18.0. The molecule has 3 amide bonds. The molecule has 6 heteroatoms. The van der Waals surface area contributed by atoms with Gasteiger partial charge >= 0.3 is 0 Å². The second-order valence-electron chi connectivity index (χ2n) is 7.74. The Morgan fingerprint density at radius 2 is 1.74 bits per heavy atom. The van der Waals surface area contributed by atoms with Gasteiger partial charge in [0.1, 0.15) is 18.9 Å². The van der Waals surface area contributed by atoms with Crippen molar-refractivity contribution in [2.24, 2.45) is 11.8 Å². The summed E-state index contributed by atoms with van der Waals surface area (Å²) in [6, 6.07) is 6.16. The quantitative estimate of drug-likeness (QED) is 0.612. The van der Waals surface area contributed by atoms with Crippen LogP contribution in [-0.2, 0) is 27.2 Å². The van der Waals surface area contributed by atoms with Gasteiger partial charge in [0.15, 0.2) is 0 Å². The summed E-state index contributed by atoms with van der Waals surface area (Å²) in [5.41, 5.74) is 2.75. The number of hydrogen-bond acceptors (Lipinski definition) is 4. The molecule has 0 spiro atoms. The maximum absolute atomic E-state index is 12.4. The number of imide groups is 1. The molecule has 144 valence electrons. The number of carbonyl (C=O) groups excluding carboxylic acids is 3. The molecule has 2 atom stereocenters. The van der Waals surface area contributed by atoms with Gasteiger partial charge in [-0.2, -0.15) is 0 Å². The maximum atomic E-state index is 12.4. The van der Waals surface area contributed by atoms with Crippen molar-refractivity contribution in [2.75, 3.05) is 19.7 Å². The van der Waals surface area contributed by atoms with Crippen molar-refractivity contribution in [3.8, 4) is 5.75 Å². The van der Waals surface area contributed by atoms with E-state index in [1.165, 1.54) is 17.5 Å². The van der Waals surface area contributed by atoms with E-state index in [4.69, 9.17) is 4.74 Å². The van der Waals surface area contributed by atoms with Crippen LogP contribution in [0.3, 0.4) is 0 Å². The van der Waals surface area contributed by atoms with Gasteiger partial charge in [-0.05, 0) is 55.4 Å². The van der Waals surface area contributed by atoms with Crippen LogP contribution >= 0.6 is 0 Å². The minimum absolute atomic E-state index is 0.172. The molecule has 4 rings (SSSR count). The Kier molecular flexibility index (Phi) is 5.14. The van der Waals surface area contributed by atoms with Crippen molar-refractivity contribution in [2.45, 2.75) is 44.9 Å². The fourth-order valence-corrected chi connectivity index (χ4v) is 4.58. The molecule has 1 saturated carbocycles. The van der Waals surface area contributed by atoms with Crippen LogP contribution in [0.4, 0.5) is 0 Å². The van der Waals surface area contributed by atoms with Crippen LogP contribution in [0.1, 0.15) is 43.2 Å². The SMILES string of the molecule is O=C(CN1C(=O)[C@H]2CCCC[C@@H]2C1=O)NCCOc1ccc2c(c1)CCC2. The Bertz CT molecular complexity index is 737. The first-order valence-corrected chi connectivity index (χ1v) is 10.00. The summed E-state index contributed by atoms with van der Waals surface area (Å²) in [7, 11) is 0. The third kappa shape index (κ3) is 3.70. The van der Waals surface area contributed by atoms with E-state index >= 15 is 0 Å². The second kappa shape index (κ2) is 7.71. The van der Waals surface area contributed by atoms with Gasteiger partial charge in [0.2, 0.25) is 17.7 Å². The van der Waals surface area contributed by atoms with Crippen molar-refractivity contribution < 1.29 is 19.1 Å². The molecule has 1 N–H and O–H groups in total. The highest BCUT2D eigenvalue weighted by atomic mass is 16.5. The van der Waals surface area contributed by atoms with Crippen LogP contribution in [-0.4, -0.2) is 42.3 Å². The second-order valence-corrected chi connectivity index (χ2v) is 7.74. The molecular formula is C21H26N2O4. The molecular weight excluding hydrogens is 344 g/mol. The van der Waals surface area contributed by atoms with Crippen LogP contribution in [0.25, 0.3) is 0 Å². The van der Waals surface area contributed by atoms with Gasteiger partial charge in [-0.25, -0.2) is 0 Å². The summed E-state index contributed by atoms with van der Waals surface area (Å²) < 4.78 is 5.71. The lowest BCUT2D eigenvalue weighted by Gasteiger charge is -2.19. The minimum Gasteiger partial charge on any atom is -0.492 e. The topological polar surface area (TPSA) is 75.7 Å². The minimum atomic E-state index is -0.312. The van der Waals surface area contributed by atoms with Gasteiger partial charge in [0.25, 0.3) is 0 Å². The molecule has 3 aliphatic rings. The number of carbonyl (C=O) groups is 3. The Morgan fingerprint density at radius 1 is 1.04 bits per heavy atom. The third-order valence-electron chi connectivity index (χ3n) is 6.00. The fourth-order valence-electron chi connectivity index (χ4n) is 4.58. The van der Waals surface area contributed by atoms with E-state index in [2.05, 4.69) is 17.4 Å². The summed E-state index contributed by atoms with van der Waals surface area (Å²) in [6.45, 7) is 0.528. The van der Waals surface area contributed by atoms with E-state index in [1.807, 2.05) is 6.07 Å². The number of hydrogen-bond donors (Lipinski definition) is 1. The van der Waals surface area contributed by atoms with Crippen LogP contribution < -0.4 is 10.1 Å². The maximum Gasteiger partial charge on any atom is 0.240 e. The number of aryl methyl sites for hydroxylation is 2. The molecule has 0 aromatic heterocycles. The summed E-state index contributed by atoms with van der Waals surface area (Å²) in [4.78, 5) is 38.1. The number of fused-ring (bicyclic) bond motifs is 2.